The van der Waals surface area contributed by atoms with Gasteiger partial charge < -0.3 is 9.88 Å². The second-order valence-corrected chi connectivity index (χ2v) is 4.47. The van der Waals surface area contributed by atoms with E-state index >= 15 is 0 Å². The lowest BCUT2D eigenvalue weighted by Gasteiger charge is -2.05. The molecule has 0 aliphatic carbocycles. The smallest absolute Gasteiger partial charge is 0.151 e. The van der Waals surface area contributed by atoms with Gasteiger partial charge in [-0.05, 0) is 11.4 Å². The molecule has 17 heavy (non-hydrogen) atoms. The molecule has 0 aromatic carbocycles. The standard InChI is InChI=1S/C10H10N6S/c1-16-6-14-15-8(16)4-11-9-7-2-3-17-10(7)13-5-12-9/h2-3,5-6H,4H2,1H3,(H,11,12,13). The van der Waals surface area contributed by atoms with E-state index in [1.165, 1.54) is 0 Å². The van der Waals surface area contributed by atoms with Crippen molar-refractivity contribution in [2.24, 2.45) is 7.05 Å². The second-order valence-electron chi connectivity index (χ2n) is 3.57. The molecule has 0 fully saturated rings. The summed E-state index contributed by atoms with van der Waals surface area (Å²) in [5.41, 5.74) is 0. The maximum atomic E-state index is 4.24. The molecule has 0 saturated carbocycles. The summed E-state index contributed by atoms with van der Waals surface area (Å²) in [4.78, 5) is 9.42. The fourth-order valence-corrected chi connectivity index (χ4v) is 2.29. The van der Waals surface area contributed by atoms with Gasteiger partial charge in [-0.1, -0.05) is 0 Å². The maximum Gasteiger partial charge on any atom is 0.151 e. The van der Waals surface area contributed by atoms with Crippen LogP contribution < -0.4 is 5.32 Å². The van der Waals surface area contributed by atoms with E-state index < -0.39 is 0 Å². The Morgan fingerprint density at radius 3 is 3.18 bits per heavy atom. The molecule has 3 heterocycles. The van der Waals surface area contributed by atoms with Crippen LogP contribution in [0.2, 0.25) is 0 Å². The van der Waals surface area contributed by atoms with Gasteiger partial charge in [0.1, 0.15) is 23.3 Å². The van der Waals surface area contributed by atoms with Gasteiger partial charge in [0.15, 0.2) is 5.82 Å². The number of aryl methyl sites for hydroxylation is 1. The van der Waals surface area contributed by atoms with Crippen LogP contribution in [0.5, 0.6) is 0 Å². The van der Waals surface area contributed by atoms with Gasteiger partial charge in [-0.15, -0.1) is 21.5 Å². The van der Waals surface area contributed by atoms with Crippen molar-refractivity contribution in [1.82, 2.24) is 24.7 Å². The van der Waals surface area contributed by atoms with E-state index in [9.17, 15) is 0 Å². The minimum absolute atomic E-state index is 0.596. The third-order valence-electron chi connectivity index (χ3n) is 2.48. The van der Waals surface area contributed by atoms with Gasteiger partial charge in [0.05, 0.1) is 11.9 Å². The third-order valence-corrected chi connectivity index (χ3v) is 3.30. The van der Waals surface area contributed by atoms with E-state index in [1.54, 1.807) is 24.0 Å². The molecule has 7 heteroatoms. The van der Waals surface area contributed by atoms with Crippen molar-refractivity contribution >= 4 is 27.4 Å². The normalized spacial score (nSPS) is 10.9. The Morgan fingerprint density at radius 2 is 2.35 bits per heavy atom. The predicted molar refractivity (Wildman–Crippen MR) is 65.7 cm³/mol. The lowest BCUT2D eigenvalue weighted by Crippen LogP contribution is -2.07. The van der Waals surface area contributed by atoms with Gasteiger partial charge in [-0.25, -0.2) is 9.97 Å². The SMILES string of the molecule is Cn1cnnc1CNc1ncnc2sccc12. The maximum absolute atomic E-state index is 4.24. The predicted octanol–water partition coefficient (Wildman–Crippen LogP) is 1.43. The number of thiophene rings is 1. The molecule has 86 valence electrons. The Morgan fingerprint density at radius 1 is 1.41 bits per heavy atom. The number of fused-ring (bicyclic) bond motifs is 1. The van der Waals surface area contributed by atoms with Crippen LogP contribution in [-0.4, -0.2) is 24.7 Å². The summed E-state index contributed by atoms with van der Waals surface area (Å²) in [6.07, 6.45) is 3.25. The van der Waals surface area contributed by atoms with Crippen LogP contribution in [0.15, 0.2) is 24.1 Å². The molecule has 3 aromatic rings. The first-order valence-corrected chi connectivity index (χ1v) is 5.97. The van der Waals surface area contributed by atoms with Crippen LogP contribution in [0.4, 0.5) is 5.82 Å². The molecule has 0 atom stereocenters. The largest absolute Gasteiger partial charge is 0.362 e. The highest BCUT2D eigenvalue weighted by Gasteiger charge is 2.05. The molecule has 0 radical (unpaired) electrons. The fraction of sp³-hybridized carbons (Fsp3) is 0.200. The number of rotatable bonds is 3. The van der Waals surface area contributed by atoms with Crippen LogP contribution in [0.1, 0.15) is 5.82 Å². The summed E-state index contributed by atoms with van der Waals surface area (Å²) in [6, 6.07) is 2.01. The van der Waals surface area contributed by atoms with Crippen LogP contribution in [0.25, 0.3) is 10.2 Å². The van der Waals surface area contributed by atoms with E-state index in [0.29, 0.717) is 6.54 Å². The molecule has 6 nitrogen and oxygen atoms in total. The van der Waals surface area contributed by atoms with Crippen LogP contribution in [0.3, 0.4) is 0 Å². The second kappa shape index (κ2) is 4.10. The van der Waals surface area contributed by atoms with Crippen molar-refractivity contribution in [3.8, 4) is 0 Å². The van der Waals surface area contributed by atoms with E-state index in [1.807, 2.05) is 23.1 Å². The minimum Gasteiger partial charge on any atom is -0.362 e. The Balaban J connectivity index is 1.86. The first kappa shape index (κ1) is 10.2. The lowest BCUT2D eigenvalue weighted by atomic mass is 10.4. The first-order chi connectivity index (χ1) is 8.34. The van der Waals surface area contributed by atoms with Crippen LogP contribution >= 0.6 is 11.3 Å². The highest BCUT2D eigenvalue weighted by molar-refractivity contribution is 7.16. The molecule has 0 aliphatic rings. The number of hydrogen-bond donors (Lipinski definition) is 1. The van der Waals surface area contributed by atoms with Crippen molar-refractivity contribution < 1.29 is 0 Å². The van der Waals surface area contributed by atoms with Gasteiger partial charge in [0.25, 0.3) is 0 Å². The minimum atomic E-state index is 0.596. The Hall–Kier alpha value is -2.02. The first-order valence-electron chi connectivity index (χ1n) is 5.09. The Kier molecular flexibility index (Phi) is 2.45. The van der Waals surface area contributed by atoms with Gasteiger partial charge in [-0.2, -0.15) is 0 Å². The van der Waals surface area contributed by atoms with Crippen molar-refractivity contribution in [2.45, 2.75) is 6.54 Å². The van der Waals surface area contributed by atoms with Crippen molar-refractivity contribution in [3.05, 3.63) is 29.9 Å². The van der Waals surface area contributed by atoms with Gasteiger partial charge >= 0.3 is 0 Å². The molecule has 3 aromatic heterocycles. The summed E-state index contributed by atoms with van der Waals surface area (Å²) in [7, 11) is 1.91. The van der Waals surface area contributed by atoms with Gasteiger partial charge in [0, 0.05) is 7.05 Å². The van der Waals surface area contributed by atoms with Crippen molar-refractivity contribution in [2.75, 3.05) is 5.32 Å². The molecular weight excluding hydrogens is 236 g/mol. The van der Waals surface area contributed by atoms with E-state index in [2.05, 4.69) is 25.5 Å². The van der Waals surface area contributed by atoms with Gasteiger partial charge in [0.2, 0.25) is 0 Å². The van der Waals surface area contributed by atoms with Crippen molar-refractivity contribution in [3.63, 3.8) is 0 Å². The molecule has 0 spiro atoms. The highest BCUT2D eigenvalue weighted by Crippen LogP contribution is 2.23. The average Bonchev–Trinajstić information content (AvgIpc) is 2.95. The Labute approximate surface area is 101 Å². The zero-order chi connectivity index (χ0) is 11.7. The molecule has 0 saturated heterocycles. The van der Waals surface area contributed by atoms with E-state index in [0.717, 1.165) is 21.9 Å². The Bertz CT molecular complexity index is 643. The van der Waals surface area contributed by atoms with Crippen LogP contribution in [0, 0.1) is 0 Å². The summed E-state index contributed by atoms with van der Waals surface area (Å²) < 4.78 is 1.87. The quantitative estimate of drug-likeness (QED) is 0.757. The summed E-state index contributed by atoms with van der Waals surface area (Å²) in [5, 5.41) is 14.1. The van der Waals surface area contributed by atoms with E-state index in [-0.39, 0.29) is 0 Å². The fourth-order valence-electron chi connectivity index (χ4n) is 1.56. The monoisotopic (exact) mass is 246 g/mol. The topological polar surface area (TPSA) is 68.5 Å². The number of anilines is 1. The lowest BCUT2D eigenvalue weighted by molar-refractivity contribution is 0.810. The molecule has 1 N–H and O–H groups in total. The summed E-state index contributed by atoms with van der Waals surface area (Å²) >= 11 is 1.60. The zero-order valence-corrected chi connectivity index (χ0v) is 9.98. The molecule has 0 bridgehead atoms. The number of nitrogens with zero attached hydrogens (tertiary/aromatic N) is 5. The number of hydrogen-bond acceptors (Lipinski definition) is 6. The third kappa shape index (κ3) is 1.84. The highest BCUT2D eigenvalue weighted by atomic mass is 32.1. The number of nitrogens with one attached hydrogen (secondary N) is 1. The summed E-state index contributed by atoms with van der Waals surface area (Å²) in [5.74, 6) is 1.70. The molecular formula is C10H10N6S. The molecule has 0 aliphatic heterocycles. The van der Waals surface area contributed by atoms with Gasteiger partial charge in [-0.3, -0.25) is 0 Å². The summed E-state index contributed by atoms with van der Waals surface area (Å²) in [6.45, 7) is 0.596. The molecule has 0 amide bonds. The average molecular weight is 246 g/mol. The van der Waals surface area contributed by atoms with E-state index in [4.69, 9.17) is 0 Å². The van der Waals surface area contributed by atoms with Crippen molar-refractivity contribution in [1.29, 1.82) is 0 Å². The molecule has 3 rings (SSSR count). The zero-order valence-electron chi connectivity index (χ0n) is 9.16. The number of aromatic nitrogens is 5. The molecule has 0 unspecified atom stereocenters. The van der Waals surface area contributed by atoms with Crippen LogP contribution in [-0.2, 0) is 13.6 Å².